The molecule has 2 aliphatic heterocycles. The Bertz CT molecular complexity index is 1150. The van der Waals surface area contributed by atoms with Crippen LogP contribution in [0.2, 0.25) is 0 Å². The second kappa shape index (κ2) is 11.5. The molecule has 3 fully saturated rings. The number of morpholine rings is 1. The number of rotatable bonds is 9. The highest BCUT2D eigenvalue weighted by Gasteiger charge is 2.42. The van der Waals surface area contributed by atoms with Gasteiger partial charge in [-0.3, -0.25) is 4.90 Å². The summed E-state index contributed by atoms with van der Waals surface area (Å²) in [7, 11) is 0. The molecule has 0 amide bonds. The monoisotopic (exact) mass is 588 g/mol. The predicted octanol–water partition coefficient (Wildman–Crippen LogP) is 6.70. The predicted molar refractivity (Wildman–Crippen MR) is 142 cm³/mol. The molecule has 5 rings (SSSR count). The van der Waals surface area contributed by atoms with E-state index >= 15 is 0 Å². The summed E-state index contributed by atoms with van der Waals surface area (Å²) in [6.07, 6.45) is -2.90. The second-order valence-electron chi connectivity index (χ2n) is 11.2. The van der Waals surface area contributed by atoms with E-state index in [9.17, 15) is 26.3 Å². The molecule has 1 aliphatic carbocycles. The molecule has 0 radical (unpaired) electrons. The Morgan fingerprint density at radius 3 is 2.20 bits per heavy atom. The molecule has 2 aromatic rings. The topological polar surface area (TPSA) is 40.6 Å². The minimum Gasteiger partial charge on any atom is -0.384 e. The molecule has 0 unspecified atom stereocenters. The van der Waals surface area contributed by atoms with E-state index in [1.165, 1.54) is 4.88 Å². The SMILES string of the molecule is C=C(NCc1cc(C(F)(F)F)cc(C(F)(F)F)c1)C1(CC2CC2)CCN(Cc2cnc(N3CCOCC3)s2)CC1. The van der Waals surface area contributed by atoms with E-state index in [1.54, 1.807) is 11.3 Å². The zero-order valence-electron chi connectivity index (χ0n) is 22.2. The van der Waals surface area contributed by atoms with E-state index in [0.717, 1.165) is 82.1 Å². The number of aromatic nitrogens is 1. The maximum absolute atomic E-state index is 13.3. The van der Waals surface area contributed by atoms with Crippen LogP contribution in [0.25, 0.3) is 0 Å². The summed E-state index contributed by atoms with van der Waals surface area (Å²) in [5.74, 6) is 0.591. The lowest BCUT2D eigenvalue weighted by Crippen LogP contribution is -2.43. The van der Waals surface area contributed by atoms with Gasteiger partial charge in [0.15, 0.2) is 5.13 Å². The van der Waals surface area contributed by atoms with E-state index in [0.29, 0.717) is 24.8 Å². The molecule has 1 saturated carbocycles. The molecule has 3 heterocycles. The molecule has 5 nitrogen and oxygen atoms in total. The molecule has 220 valence electrons. The van der Waals surface area contributed by atoms with Crippen molar-refractivity contribution in [3.8, 4) is 0 Å². The van der Waals surface area contributed by atoms with Crippen molar-refractivity contribution in [2.75, 3.05) is 44.3 Å². The summed E-state index contributed by atoms with van der Waals surface area (Å²) in [4.78, 5) is 10.4. The molecule has 0 spiro atoms. The van der Waals surface area contributed by atoms with Crippen molar-refractivity contribution in [3.05, 3.63) is 58.2 Å². The standard InChI is InChI=1S/C28H34F6N4OS/c1-19(35-16-21-12-22(27(29,30)31)14-23(13-21)28(32,33)34)26(15-20-2-3-20)4-6-37(7-5-26)18-24-17-36-25(40-24)38-8-10-39-11-9-38/h12-14,17,20,35H,1-11,15-16,18H2. The number of piperidine rings is 1. The van der Waals surface area contributed by atoms with Gasteiger partial charge in [-0.1, -0.05) is 19.4 Å². The molecule has 1 aromatic heterocycles. The van der Waals surface area contributed by atoms with Crippen molar-refractivity contribution in [2.24, 2.45) is 11.3 Å². The Kier molecular flexibility index (Phi) is 8.41. The first-order valence-corrected chi connectivity index (χ1v) is 14.4. The molecule has 0 atom stereocenters. The van der Waals surface area contributed by atoms with Gasteiger partial charge in [0.05, 0.1) is 24.3 Å². The first kappa shape index (κ1) is 29.2. The fourth-order valence-corrected chi connectivity index (χ4v) is 6.66. The molecule has 2 saturated heterocycles. The smallest absolute Gasteiger partial charge is 0.384 e. The summed E-state index contributed by atoms with van der Waals surface area (Å²) < 4.78 is 85.3. The zero-order chi connectivity index (χ0) is 28.5. The van der Waals surface area contributed by atoms with E-state index in [1.807, 2.05) is 6.20 Å². The summed E-state index contributed by atoms with van der Waals surface area (Å²) >= 11 is 1.70. The van der Waals surface area contributed by atoms with Crippen LogP contribution in [0.1, 0.15) is 53.7 Å². The Labute approximate surface area is 234 Å². The van der Waals surface area contributed by atoms with Crippen LogP contribution in [-0.4, -0.2) is 49.3 Å². The van der Waals surface area contributed by atoms with Crippen LogP contribution in [0.5, 0.6) is 0 Å². The minimum absolute atomic E-state index is 0.0661. The fraction of sp³-hybridized carbons (Fsp3) is 0.607. The molecule has 0 bridgehead atoms. The van der Waals surface area contributed by atoms with Crippen LogP contribution in [0, 0.1) is 11.3 Å². The Balaban J connectivity index is 1.22. The van der Waals surface area contributed by atoms with E-state index < -0.39 is 23.5 Å². The first-order valence-electron chi connectivity index (χ1n) is 13.6. The van der Waals surface area contributed by atoms with Crippen LogP contribution in [0.15, 0.2) is 36.7 Å². The number of halogens is 6. The second-order valence-corrected chi connectivity index (χ2v) is 12.3. The maximum atomic E-state index is 13.3. The number of hydrogen-bond donors (Lipinski definition) is 1. The molecule has 40 heavy (non-hydrogen) atoms. The average molecular weight is 589 g/mol. The highest BCUT2D eigenvalue weighted by atomic mass is 32.1. The van der Waals surface area contributed by atoms with Gasteiger partial charge in [-0.05, 0) is 62.0 Å². The number of nitrogens with zero attached hydrogens (tertiary/aromatic N) is 3. The summed E-state index contributed by atoms with van der Waals surface area (Å²) in [5, 5.41) is 4.15. The maximum Gasteiger partial charge on any atom is 0.416 e. The van der Waals surface area contributed by atoms with Crippen LogP contribution in [0.4, 0.5) is 31.5 Å². The number of alkyl halides is 6. The highest BCUT2D eigenvalue weighted by Crippen LogP contribution is 2.49. The third-order valence-electron chi connectivity index (χ3n) is 8.19. The summed E-state index contributed by atoms with van der Waals surface area (Å²) in [5.41, 5.74) is -2.20. The van der Waals surface area contributed by atoms with Gasteiger partial charge in [-0.2, -0.15) is 26.3 Å². The largest absolute Gasteiger partial charge is 0.416 e. The minimum atomic E-state index is -4.87. The number of likely N-dealkylation sites (tertiary alicyclic amines) is 1. The van der Waals surface area contributed by atoms with Gasteiger partial charge in [-0.25, -0.2) is 4.98 Å². The highest BCUT2D eigenvalue weighted by molar-refractivity contribution is 7.15. The lowest BCUT2D eigenvalue weighted by molar-refractivity contribution is -0.143. The van der Waals surface area contributed by atoms with Crippen molar-refractivity contribution < 1.29 is 31.1 Å². The first-order chi connectivity index (χ1) is 18.9. The molecular weight excluding hydrogens is 554 g/mol. The third kappa shape index (κ3) is 7.12. The number of thiazole rings is 1. The number of benzene rings is 1. The van der Waals surface area contributed by atoms with Gasteiger partial charge in [-0.15, -0.1) is 11.3 Å². The summed E-state index contributed by atoms with van der Waals surface area (Å²) in [6.45, 7) is 9.67. The van der Waals surface area contributed by atoms with Crippen molar-refractivity contribution in [3.63, 3.8) is 0 Å². The Morgan fingerprint density at radius 2 is 1.62 bits per heavy atom. The van der Waals surface area contributed by atoms with Crippen molar-refractivity contribution in [1.29, 1.82) is 0 Å². The molecule has 1 aromatic carbocycles. The number of nitrogens with one attached hydrogen (secondary N) is 1. The number of ether oxygens (including phenoxy) is 1. The van der Waals surface area contributed by atoms with Gasteiger partial charge < -0.3 is 15.0 Å². The van der Waals surface area contributed by atoms with Crippen molar-refractivity contribution in [2.45, 2.75) is 57.5 Å². The van der Waals surface area contributed by atoms with Crippen LogP contribution in [-0.2, 0) is 30.2 Å². The van der Waals surface area contributed by atoms with E-state index in [-0.39, 0.29) is 23.6 Å². The van der Waals surface area contributed by atoms with E-state index in [4.69, 9.17) is 4.74 Å². The fourth-order valence-electron chi connectivity index (χ4n) is 5.65. The average Bonchev–Trinajstić information content (AvgIpc) is 3.61. The Hall–Kier alpha value is -2.31. The molecule has 12 heteroatoms. The molecular formula is C28H34F6N4OS. The van der Waals surface area contributed by atoms with Crippen LogP contribution < -0.4 is 10.2 Å². The van der Waals surface area contributed by atoms with Gasteiger partial charge in [0, 0.05) is 48.4 Å². The third-order valence-corrected chi connectivity index (χ3v) is 9.23. The Morgan fingerprint density at radius 1 is 1.00 bits per heavy atom. The van der Waals surface area contributed by atoms with Crippen molar-refractivity contribution >= 4 is 16.5 Å². The molecule has 3 aliphatic rings. The number of allylic oxidation sites excluding steroid dienone is 1. The van der Waals surface area contributed by atoms with Gasteiger partial charge >= 0.3 is 12.4 Å². The zero-order valence-corrected chi connectivity index (χ0v) is 23.0. The summed E-state index contributed by atoms with van der Waals surface area (Å²) in [6, 6.07) is 1.73. The van der Waals surface area contributed by atoms with Gasteiger partial charge in [0.25, 0.3) is 0 Å². The van der Waals surface area contributed by atoms with Gasteiger partial charge in [0.2, 0.25) is 0 Å². The number of hydrogen-bond acceptors (Lipinski definition) is 6. The van der Waals surface area contributed by atoms with Crippen LogP contribution >= 0.6 is 11.3 Å². The lowest BCUT2D eigenvalue weighted by atomic mass is 9.72. The quantitative estimate of drug-likeness (QED) is 0.330. The van der Waals surface area contributed by atoms with E-state index in [2.05, 4.69) is 26.7 Å². The number of anilines is 1. The lowest BCUT2D eigenvalue weighted by Gasteiger charge is -2.43. The molecule has 1 N–H and O–H groups in total. The van der Waals surface area contributed by atoms with Gasteiger partial charge in [0.1, 0.15) is 0 Å². The van der Waals surface area contributed by atoms with Crippen molar-refractivity contribution in [1.82, 2.24) is 15.2 Å². The normalized spacial score (nSPS) is 20.5. The van der Waals surface area contributed by atoms with Crippen LogP contribution in [0.3, 0.4) is 0 Å².